The molecule has 13 heteroatoms. The van der Waals surface area contributed by atoms with E-state index < -0.39 is 36.9 Å². The van der Waals surface area contributed by atoms with Crippen LogP contribution in [0.4, 0.5) is 5.95 Å². The van der Waals surface area contributed by atoms with E-state index in [1.807, 2.05) is 36.4 Å². The van der Waals surface area contributed by atoms with Gasteiger partial charge in [0.25, 0.3) is 18.4 Å². The highest BCUT2D eigenvalue weighted by Gasteiger charge is 2.51. The van der Waals surface area contributed by atoms with E-state index in [9.17, 15) is 13.2 Å². The van der Waals surface area contributed by atoms with Gasteiger partial charge in [-0.05, 0) is 21.5 Å². The Hall–Kier alpha value is -3.13. The van der Waals surface area contributed by atoms with Gasteiger partial charge in [-0.3, -0.25) is 14.3 Å². The summed E-state index contributed by atoms with van der Waals surface area (Å²) in [7, 11) is -6.74. The highest BCUT2D eigenvalue weighted by atomic mass is 35.5. The average Bonchev–Trinajstić information content (AvgIpc) is 3.53. The molecule has 1 fully saturated rings. The first kappa shape index (κ1) is 30.3. The van der Waals surface area contributed by atoms with E-state index in [1.165, 1.54) is 0 Å². The number of aromatic nitrogens is 3. The Morgan fingerprint density at radius 1 is 1.07 bits per heavy atom. The third kappa shape index (κ3) is 6.01. The van der Waals surface area contributed by atoms with Gasteiger partial charge in [0.15, 0.2) is 0 Å². The van der Waals surface area contributed by atoms with Gasteiger partial charge in [0.05, 0.1) is 18.2 Å². The lowest BCUT2D eigenvalue weighted by molar-refractivity contribution is -0.105. The van der Waals surface area contributed by atoms with E-state index >= 15 is 0 Å². The summed E-state index contributed by atoms with van der Waals surface area (Å²) in [6.07, 6.45) is 1.27. The first-order valence-electron chi connectivity index (χ1n) is 13.5. The van der Waals surface area contributed by atoms with Crippen molar-refractivity contribution in [3.63, 3.8) is 0 Å². The van der Waals surface area contributed by atoms with Crippen LogP contribution in [0.2, 0.25) is 10.2 Å². The molecule has 1 aliphatic rings. The van der Waals surface area contributed by atoms with Gasteiger partial charge in [0, 0.05) is 12.6 Å². The SMILES string of the molecule is CC(C)(C)[Si](OC[C@H]1O[C@@H](n2ccc3c(Cl)nc(NC=O)nc32)C[C@@H]1OS(C)(=O)=O)(c1ccccc1)c1ccccc1. The largest absolute Gasteiger partial charge is 0.405 e. The first-order chi connectivity index (χ1) is 19.9. The van der Waals surface area contributed by atoms with Crippen molar-refractivity contribution in [3.05, 3.63) is 78.1 Å². The molecule has 0 aliphatic carbocycles. The van der Waals surface area contributed by atoms with Crippen molar-refractivity contribution in [2.75, 3.05) is 18.2 Å². The fourth-order valence-corrected chi connectivity index (χ4v) is 11.1. The van der Waals surface area contributed by atoms with E-state index in [0.717, 1.165) is 16.6 Å². The lowest BCUT2D eigenvalue weighted by atomic mass is 10.2. The van der Waals surface area contributed by atoms with Gasteiger partial charge in [0.2, 0.25) is 12.4 Å². The zero-order chi connectivity index (χ0) is 30.1. The number of hydrogen-bond acceptors (Lipinski definition) is 8. The number of hydrogen-bond donors (Lipinski definition) is 1. The zero-order valence-electron chi connectivity index (χ0n) is 23.7. The molecule has 2 aromatic heterocycles. The number of carbonyl (C=O) groups is 1. The molecule has 222 valence electrons. The van der Waals surface area contributed by atoms with Crippen LogP contribution in [0, 0.1) is 0 Å². The summed E-state index contributed by atoms with van der Waals surface area (Å²) in [5.74, 6) is 0.0379. The van der Waals surface area contributed by atoms with Crippen LogP contribution in [0.25, 0.3) is 11.0 Å². The molecule has 0 spiro atoms. The summed E-state index contributed by atoms with van der Waals surface area (Å²) in [5.41, 5.74) is 0.427. The Kier molecular flexibility index (Phi) is 8.57. The summed E-state index contributed by atoms with van der Waals surface area (Å²) in [4.78, 5) is 19.5. The molecule has 0 radical (unpaired) electrons. The predicted octanol–water partition coefficient (Wildman–Crippen LogP) is 3.86. The number of anilines is 1. The van der Waals surface area contributed by atoms with Crippen LogP contribution >= 0.6 is 11.6 Å². The van der Waals surface area contributed by atoms with E-state index in [2.05, 4.69) is 60.3 Å². The van der Waals surface area contributed by atoms with Crippen LogP contribution < -0.4 is 15.7 Å². The van der Waals surface area contributed by atoms with Crippen molar-refractivity contribution >= 4 is 63.8 Å². The quantitative estimate of drug-likeness (QED) is 0.122. The third-order valence-corrected chi connectivity index (χ3v) is 13.3. The minimum Gasteiger partial charge on any atom is -0.405 e. The maximum Gasteiger partial charge on any atom is 0.264 e. The number of nitrogens with one attached hydrogen (secondary N) is 1. The maximum atomic E-state index is 12.3. The Morgan fingerprint density at radius 2 is 1.69 bits per heavy atom. The highest BCUT2D eigenvalue weighted by Crippen LogP contribution is 2.39. The standard InChI is InChI=1S/C29H33ClN4O6SSi/c1-29(2,3)42(20-11-7-5-8-12-20,21-13-9-6-10-14-21)38-18-24-23(40-41(4,36)37)17-25(39-24)34-16-15-22-26(30)32-28(31-19-35)33-27(22)34/h5-16,19,23-25H,17-18H2,1-4H3,(H,31,32,33,35)/t23-,24+,25+/m0/s1. The molecule has 1 N–H and O–H groups in total. The molecule has 5 rings (SSSR count). The Balaban J connectivity index is 1.52. The van der Waals surface area contributed by atoms with E-state index in [0.29, 0.717) is 17.4 Å². The van der Waals surface area contributed by atoms with E-state index in [-0.39, 0.29) is 29.2 Å². The molecule has 2 aromatic carbocycles. The lowest BCUT2D eigenvalue weighted by Gasteiger charge is -2.43. The molecular weight excluding hydrogens is 596 g/mol. The Bertz CT molecular complexity index is 1620. The number of nitrogens with zero attached hydrogens (tertiary/aromatic N) is 3. The molecule has 0 unspecified atom stereocenters. The van der Waals surface area contributed by atoms with Gasteiger partial charge in [-0.15, -0.1) is 0 Å². The number of carbonyl (C=O) groups excluding carboxylic acids is 1. The molecule has 3 heterocycles. The molecule has 4 aromatic rings. The van der Waals surface area contributed by atoms with Crippen molar-refractivity contribution in [3.8, 4) is 0 Å². The van der Waals surface area contributed by atoms with Crippen LogP contribution in [0.1, 0.15) is 33.4 Å². The molecule has 0 saturated carbocycles. The maximum absolute atomic E-state index is 12.3. The monoisotopic (exact) mass is 628 g/mol. The van der Waals surface area contributed by atoms with Gasteiger partial charge >= 0.3 is 0 Å². The van der Waals surface area contributed by atoms with Crippen LogP contribution in [-0.4, -0.2) is 62.8 Å². The second-order valence-electron chi connectivity index (χ2n) is 11.2. The molecule has 3 atom stereocenters. The number of benzene rings is 2. The van der Waals surface area contributed by atoms with Gasteiger partial charge < -0.3 is 13.7 Å². The number of ether oxygens (including phenoxy) is 1. The van der Waals surface area contributed by atoms with Gasteiger partial charge in [0.1, 0.15) is 29.2 Å². The predicted molar refractivity (Wildman–Crippen MR) is 164 cm³/mol. The smallest absolute Gasteiger partial charge is 0.264 e. The molecule has 42 heavy (non-hydrogen) atoms. The first-order valence-corrected chi connectivity index (χ1v) is 17.6. The third-order valence-electron chi connectivity index (χ3n) is 7.38. The van der Waals surface area contributed by atoms with Crippen LogP contribution in [0.3, 0.4) is 0 Å². The fourth-order valence-electron chi connectivity index (χ4n) is 5.66. The van der Waals surface area contributed by atoms with Crippen LogP contribution in [0.5, 0.6) is 0 Å². The van der Waals surface area contributed by atoms with Crippen molar-refractivity contribution in [2.24, 2.45) is 0 Å². The zero-order valence-corrected chi connectivity index (χ0v) is 26.3. The summed E-state index contributed by atoms with van der Waals surface area (Å²) in [5, 5.41) is 5.05. The van der Waals surface area contributed by atoms with Crippen LogP contribution in [-0.2, 0) is 28.3 Å². The Morgan fingerprint density at radius 3 is 2.24 bits per heavy atom. The molecule has 10 nitrogen and oxygen atoms in total. The number of halogens is 1. The van der Waals surface area contributed by atoms with E-state index in [4.69, 9.17) is 24.9 Å². The second-order valence-corrected chi connectivity index (χ2v) is 17.5. The van der Waals surface area contributed by atoms with Gasteiger partial charge in [-0.2, -0.15) is 18.4 Å². The molecular formula is C29H33ClN4O6SSi. The average molecular weight is 629 g/mol. The molecule has 1 aliphatic heterocycles. The summed E-state index contributed by atoms with van der Waals surface area (Å²) in [6, 6.07) is 22.1. The topological polar surface area (TPSA) is 122 Å². The van der Waals surface area contributed by atoms with Gasteiger partial charge in [-0.25, -0.2) is 0 Å². The Labute approximate surface area is 251 Å². The summed E-state index contributed by atoms with van der Waals surface area (Å²) >= 11 is 6.34. The number of rotatable bonds is 10. The van der Waals surface area contributed by atoms with Crippen molar-refractivity contribution in [2.45, 2.75) is 50.7 Å². The van der Waals surface area contributed by atoms with E-state index in [1.54, 1.807) is 16.8 Å². The fraction of sp³-hybridized carbons (Fsp3) is 0.345. The van der Waals surface area contributed by atoms with Crippen LogP contribution in [0.15, 0.2) is 72.9 Å². The minimum absolute atomic E-state index is 0.0379. The molecule has 1 amide bonds. The highest BCUT2D eigenvalue weighted by molar-refractivity contribution is 7.86. The van der Waals surface area contributed by atoms with Crippen molar-refractivity contribution in [1.29, 1.82) is 0 Å². The molecule has 0 bridgehead atoms. The lowest BCUT2D eigenvalue weighted by Crippen LogP contribution is -2.67. The van der Waals surface area contributed by atoms with Gasteiger partial charge in [-0.1, -0.05) is 93.0 Å². The second kappa shape index (κ2) is 11.9. The minimum atomic E-state index is -3.81. The van der Waals surface area contributed by atoms with Crippen molar-refractivity contribution in [1.82, 2.24) is 14.5 Å². The normalized spacial score (nSPS) is 19.7. The summed E-state index contributed by atoms with van der Waals surface area (Å²) in [6.45, 7) is 6.60. The van der Waals surface area contributed by atoms with Crippen molar-refractivity contribution < 1.29 is 26.6 Å². The molecule has 1 saturated heterocycles. The number of fused-ring (bicyclic) bond motifs is 1. The summed E-state index contributed by atoms with van der Waals surface area (Å²) < 4.78 is 45.4. The number of amides is 1.